The number of carbonyl (C=O) groups is 1. The van der Waals surface area contributed by atoms with Crippen LogP contribution in [0.25, 0.3) is 16.7 Å². The highest BCUT2D eigenvalue weighted by Gasteiger charge is 2.10. The van der Waals surface area contributed by atoms with Crippen LogP contribution in [0.2, 0.25) is 0 Å². The van der Waals surface area contributed by atoms with Crippen molar-refractivity contribution >= 4 is 34.8 Å². The third-order valence-electron chi connectivity index (χ3n) is 3.84. The fourth-order valence-corrected chi connectivity index (χ4v) is 2.60. The lowest BCUT2D eigenvalue weighted by molar-refractivity contribution is -0.114. The van der Waals surface area contributed by atoms with Crippen molar-refractivity contribution in [1.82, 2.24) is 24.7 Å². The lowest BCUT2D eigenvalue weighted by Gasteiger charge is -2.03. The Hall–Kier alpha value is -4.14. The van der Waals surface area contributed by atoms with Crippen LogP contribution in [-0.2, 0) is 4.79 Å². The molecule has 0 aliphatic carbocycles. The van der Waals surface area contributed by atoms with E-state index in [0.29, 0.717) is 17.3 Å². The number of amides is 1. The highest BCUT2D eigenvalue weighted by atomic mass is 16.1. The van der Waals surface area contributed by atoms with E-state index >= 15 is 0 Å². The van der Waals surface area contributed by atoms with Crippen molar-refractivity contribution in [3.8, 4) is 5.69 Å². The Balaban J connectivity index is 1.53. The third-order valence-corrected chi connectivity index (χ3v) is 3.84. The van der Waals surface area contributed by atoms with Crippen LogP contribution in [0.3, 0.4) is 0 Å². The molecule has 0 bridgehead atoms. The molecule has 0 fully saturated rings. The van der Waals surface area contributed by atoms with Crippen molar-refractivity contribution in [2.75, 3.05) is 10.7 Å². The van der Waals surface area contributed by atoms with Crippen LogP contribution in [0.5, 0.6) is 0 Å². The van der Waals surface area contributed by atoms with Crippen LogP contribution < -0.4 is 10.7 Å². The molecule has 3 aromatic heterocycles. The van der Waals surface area contributed by atoms with E-state index < -0.39 is 0 Å². The van der Waals surface area contributed by atoms with Crippen LogP contribution in [0.15, 0.2) is 66.3 Å². The molecular weight excluding hydrogens is 356 g/mol. The Morgan fingerprint density at radius 1 is 1.07 bits per heavy atom. The monoisotopic (exact) mass is 372 g/mol. The SMILES string of the molecule is CC(=O)Nc1ccc(C=NNc2ncnc3c2cnn3-c2ccccc2)cn1. The number of hydrogen-bond acceptors (Lipinski definition) is 7. The number of anilines is 2. The molecule has 4 rings (SSSR count). The standard InChI is InChI=1S/C19H16N8O/c1-13(28)25-17-8-7-14(9-20-17)10-23-26-18-16-11-24-27(19(16)22-12-21-18)15-5-3-2-4-6-15/h2-12H,1H3,(H,20,25,28)(H,21,22,26). The summed E-state index contributed by atoms with van der Waals surface area (Å²) in [6.45, 7) is 1.43. The van der Waals surface area contributed by atoms with Gasteiger partial charge in [-0.1, -0.05) is 18.2 Å². The number of hydrogen-bond donors (Lipinski definition) is 2. The van der Waals surface area contributed by atoms with Crippen molar-refractivity contribution in [3.05, 3.63) is 66.7 Å². The fraction of sp³-hybridized carbons (Fsp3) is 0.0526. The molecule has 0 aliphatic rings. The molecule has 0 unspecified atom stereocenters. The lowest BCUT2D eigenvalue weighted by Crippen LogP contribution is -2.07. The molecule has 3 heterocycles. The summed E-state index contributed by atoms with van der Waals surface area (Å²) in [6, 6.07) is 13.2. The van der Waals surface area contributed by atoms with Crippen LogP contribution in [0, 0.1) is 0 Å². The summed E-state index contributed by atoms with van der Waals surface area (Å²) in [6.07, 6.45) is 6.38. The number of hydrazone groups is 1. The topological polar surface area (TPSA) is 110 Å². The first kappa shape index (κ1) is 17.3. The van der Waals surface area contributed by atoms with Gasteiger partial charge in [-0.25, -0.2) is 19.6 Å². The largest absolute Gasteiger partial charge is 0.311 e. The molecule has 9 nitrogen and oxygen atoms in total. The molecular formula is C19H16N8O. The molecule has 28 heavy (non-hydrogen) atoms. The smallest absolute Gasteiger partial charge is 0.222 e. The minimum Gasteiger partial charge on any atom is -0.311 e. The van der Waals surface area contributed by atoms with Crippen molar-refractivity contribution < 1.29 is 4.79 Å². The number of para-hydroxylation sites is 1. The molecule has 0 saturated heterocycles. The zero-order valence-electron chi connectivity index (χ0n) is 14.9. The third kappa shape index (κ3) is 3.68. The molecule has 0 spiro atoms. The summed E-state index contributed by atoms with van der Waals surface area (Å²) in [5.74, 6) is 0.870. The van der Waals surface area contributed by atoms with Gasteiger partial charge >= 0.3 is 0 Å². The minimum atomic E-state index is -0.167. The van der Waals surface area contributed by atoms with Gasteiger partial charge in [0.05, 0.1) is 23.5 Å². The summed E-state index contributed by atoms with van der Waals surface area (Å²) < 4.78 is 1.75. The first-order valence-electron chi connectivity index (χ1n) is 8.47. The Morgan fingerprint density at radius 2 is 1.93 bits per heavy atom. The Labute approximate surface area is 160 Å². The molecule has 9 heteroatoms. The van der Waals surface area contributed by atoms with Crippen molar-refractivity contribution in [2.45, 2.75) is 6.92 Å². The average molecular weight is 372 g/mol. The minimum absolute atomic E-state index is 0.167. The molecule has 138 valence electrons. The number of benzene rings is 1. The van der Waals surface area contributed by atoms with Gasteiger partial charge in [0.25, 0.3) is 0 Å². The van der Waals surface area contributed by atoms with E-state index in [1.54, 1.807) is 35.4 Å². The average Bonchev–Trinajstić information content (AvgIpc) is 3.15. The van der Waals surface area contributed by atoms with E-state index in [2.05, 4.69) is 35.9 Å². The maximum atomic E-state index is 11.0. The zero-order chi connectivity index (χ0) is 19.3. The van der Waals surface area contributed by atoms with Crippen molar-refractivity contribution in [3.63, 3.8) is 0 Å². The van der Waals surface area contributed by atoms with E-state index in [9.17, 15) is 4.79 Å². The molecule has 2 N–H and O–H groups in total. The van der Waals surface area contributed by atoms with Gasteiger partial charge < -0.3 is 5.32 Å². The maximum Gasteiger partial charge on any atom is 0.222 e. The van der Waals surface area contributed by atoms with Gasteiger partial charge in [-0.15, -0.1) is 0 Å². The summed E-state index contributed by atoms with van der Waals surface area (Å²) in [5.41, 5.74) is 5.28. The van der Waals surface area contributed by atoms with Gasteiger partial charge in [-0.2, -0.15) is 10.2 Å². The second-order valence-corrected chi connectivity index (χ2v) is 5.88. The predicted octanol–water partition coefficient (Wildman–Crippen LogP) is 2.61. The highest BCUT2D eigenvalue weighted by Crippen LogP contribution is 2.21. The number of rotatable bonds is 5. The molecule has 0 atom stereocenters. The van der Waals surface area contributed by atoms with Crippen LogP contribution in [0.1, 0.15) is 12.5 Å². The van der Waals surface area contributed by atoms with Crippen molar-refractivity contribution in [2.24, 2.45) is 5.10 Å². The lowest BCUT2D eigenvalue weighted by atomic mass is 10.3. The number of carbonyl (C=O) groups excluding carboxylic acids is 1. The van der Waals surface area contributed by atoms with E-state index in [1.807, 2.05) is 30.3 Å². The van der Waals surface area contributed by atoms with Gasteiger partial charge in [0.1, 0.15) is 12.1 Å². The second kappa shape index (κ2) is 7.62. The number of fused-ring (bicyclic) bond motifs is 1. The Morgan fingerprint density at radius 3 is 2.68 bits per heavy atom. The van der Waals surface area contributed by atoms with Crippen LogP contribution >= 0.6 is 0 Å². The fourth-order valence-electron chi connectivity index (χ4n) is 2.60. The molecule has 0 saturated carbocycles. The Bertz CT molecular complexity index is 1140. The van der Waals surface area contributed by atoms with Gasteiger partial charge in [-0.3, -0.25) is 10.2 Å². The zero-order valence-corrected chi connectivity index (χ0v) is 14.9. The van der Waals surface area contributed by atoms with E-state index in [4.69, 9.17) is 0 Å². The predicted molar refractivity (Wildman–Crippen MR) is 106 cm³/mol. The van der Waals surface area contributed by atoms with Gasteiger partial charge in [0.15, 0.2) is 11.5 Å². The first-order valence-corrected chi connectivity index (χ1v) is 8.47. The summed E-state index contributed by atoms with van der Waals surface area (Å²) in [5, 5.41) is 12.0. The Kier molecular flexibility index (Phi) is 4.70. The van der Waals surface area contributed by atoms with Crippen LogP contribution in [-0.4, -0.2) is 36.9 Å². The highest BCUT2D eigenvalue weighted by molar-refractivity contribution is 5.89. The molecule has 1 aromatic carbocycles. The van der Waals surface area contributed by atoms with E-state index in [1.165, 1.54) is 13.3 Å². The van der Waals surface area contributed by atoms with Crippen LogP contribution in [0.4, 0.5) is 11.6 Å². The summed E-state index contributed by atoms with van der Waals surface area (Å²) in [7, 11) is 0. The number of nitrogens with zero attached hydrogens (tertiary/aromatic N) is 6. The van der Waals surface area contributed by atoms with E-state index in [-0.39, 0.29) is 5.91 Å². The number of aromatic nitrogens is 5. The van der Waals surface area contributed by atoms with Gasteiger partial charge in [0.2, 0.25) is 5.91 Å². The quantitative estimate of drug-likeness (QED) is 0.412. The summed E-state index contributed by atoms with van der Waals surface area (Å²) in [4.78, 5) is 23.7. The molecule has 1 amide bonds. The molecule has 4 aromatic rings. The second-order valence-electron chi connectivity index (χ2n) is 5.88. The maximum absolute atomic E-state index is 11.0. The number of pyridine rings is 1. The van der Waals surface area contributed by atoms with E-state index in [0.717, 1.165) is 16.6 Å². The van der Waals surface area contributed by atoms with Crippen molar-refractivity contribution in [1.29, 1.82) is 0 Å². The molecule has 0 aliphatic heterocycles. The van der Waals surface area contributed by atoms with Gasteiger partial charge in [-0.05, 0) is 24.3 Å². The van der Waals surface area contributed by atoms with Gasteiger partial charge in [0, 0.05) is 18.7 Å². The normalized spacial score (nSPS) is 11.0. The summed E-state index contributed by atoms with van der Waals surface area (Å²) >= 11 is 0. The first-order chi connectivity index (χ1) is 13.7. The number of nitrogens with one attached hydrogen (secondary N) is 2. The molecule has 0 radical (unpaired) electrons.